The molecule has 1 N–H and O–H groups in total. The number of hydrogen-bond donors (Lipinski definition) is 1. The number of phenols is 1. The zero-order valence-electron chi connectivity index (χ0n) is 11.6. The van der Waals surface area contributed by atoms with Crippen LogP contribution >= 0.6 is 0 Å². The van der Waals surface area contributed by atoms with Gasteiger partial charge in [-0.3, -0.25) is 0 Å². The van der Waals surface area contributed by atoms with Crippen LogP contribution in [-0.2, 0) is 6.42 Å². The van der Waals surface area contributed by atoms with Crippen molar-refractivity contribution in [2.45, 2.75) is 19.8 Å². The van der Waals surface area contributed by atoms with E-state index in [-0.39, 0.29) is 0 Å². The molecule has 0 unspecified atom stereocenters. The summed E-state index contributed by atoms with van der Waals surface area (Å²) in [7, 11) is 0. The summed E-state index contributed by atoms with van der Waals surface area (Å²) in [5, 5.41) is 12.4. The Hall–Kier alpha value is -2.28. The molecule has 3 aromatic rings. The maximum Gasteiger partial charge on any atom is 0.123 e. The van der Waals surface area contributed by atoms with Crippen LogP contribution in [0.2, 0.25) is 0 Å². The monoisotopic (exact) mass is 262 g/mol. The van der Waals surface area contributed by atoms with E-state index in [4.69, 9.17) is 0 Å². The number of phenolic OH excluding ortho intramolecular Hbond substituents is 1. The predicted molar refractivity (Wildman–Crippen MR) is 85.0 cm³/mol. The van der Waals surface area contributed by atoms with Gasteiger partial charge in [-0.15, -0.1) is 0 Å². The van der Waals surface area contributed by atoms with E-state index in [1.54, 1.807) is 6.07 Å². The van der Waals surface area contributed by atoms with Crippen LogP contribution < -0.4 is 0 Å². The van der Waals surface area contributed by atoms with Gasteiger partial charge in [0.05, 0.1) is 0 Å². The molecule has 0 aliphatic heterocycles. The van der Waals surface area contributed by atoms with Gasteiger partial charge in [-0.1, -0.05) is 61.9 Å². The Morgan fingerprint density at radius 2 is 1.60 bits per heavy atom. The van der Waals surface area contributed by atoms with E-state index >= 15 is 0 Å². The fourth-order valence-electron chi connectivity index (χ4n) is 2.62. The number of aromatic hydroxyl groups is 1. The van der Waals surface area contributed by atoms with Crippen molar-refractivity contribution in [2.75, 3.05) is 0 Å². The fourth-order valence-corrected chi connectivity index (χ4v) is 2.62. The highest BCUT2D eigenvalue weighted by Gasteiger charge is 2.04. The number of para-hydroxylation sites is 1. The average molecular weight is 262 g/mol. The van der Waals surface area contributed by atoms with E-state index in [2.05, 4.69) is 43.3 Å². The molecular weight excluding hydrogens is 244 g/mol. The highest BCUT2D eigenvalue weighted by atomic mass is 16.3. The van der Waals surface area contributed by atoms with E-state index in [1.807, 2.05) is 18.2 Å². The summed E-state index contributed by atoms with van der Waals surface area (Å²) in [6, 6.07) is 20.4. The van der Waals surface area contributed by atoms with Crippen LogP contribution in [0.1, 0.15) is 18.9 Å². The zero-order valence-corrected chi connectivity index (χ0v) is 11.6. The Morgan fingerprint density at radius 3 is 2.40 bits per heavy atom. The van der Waals surface area contributed by atoms with Crippen LogP contribution in [0.15, 0.2) is 60.7 Å². The van der Waals surface area contributed by atoms with Crippen molar-refractivity contribution in [3.05, 3.63) is 66.2 Å². The molecule has 0 aromatic heterocycles. The molecule has 0 saturated heterocycles. The molecule has 0 fully saturated rings. The first kappa shape index (κ1) is 12.7. The number of fused-ring (bicyclic) bond motifs is 1. The van der Waals surface area contributed by atoms with Crippen LogP contribution in [0, 0.1) is 0 Å². The maximum atomic E-state index is 9.95. The van der Waals surface area contributed by atoms with Crippen molar-refractivity contribution in [1.29, 1.82) is 0 Å². The smallest absolute Gasteiger partial charge is 0.123 e. The largest absolute Gasteiger partial charge is 0.507 e. The van der Waals surface area contributed by atoms with E-state index in [0.717, 1.165) is 17.5 Å². The summed E-state index contributed by atoms with van der Waals surface area (Å²) >= 11 is 0. The number of hydrogen-bond acceptors (Lipinski definition) is 1. The minimum atomic E-state index is 0.328. The number of benzene rings is 3. The van der Waals surface area contributed by atoms with Crippen molar-refractivity contribution >= 4 is 10.8 Å². The van der Waals surface area contributed by atoms with Crippen LogP contribution in [0.5, 0.6) is 5.75 Å². The third kappa shape index (κ3) is 2.39. The lowest BCUT2D eigenvalue weighted by Crippen LogP contribution is -1.84. The third-order valence-electron chi connectivity index (χ3n) is 3.66. The highest BCUT2D eigenvalue weighted by Crippen LogP contribution is 2.31. The summed E-state index contributed by atoms with van der Waals surface area (Å²) in [6.07, 6.45) is 2.29. The molecule has 100 valence electrons. The summed E-state index contributed by atoms with van der Waals surface area (Å²) in [4.78, 5) is 0. The molecule has 0 radical (unpaired) electrons. The van der Waals surface area contributed by atoms with E-state index < -0.39 is 0 Å². The van der Waals surface area contributed by atoms with Gasteiger partial charge in [0, 0.05) is 5.56 Å². The Balaban J connectivity index is 2.08. The lowest BCUT2D eigenvalue weighted by Gasteiger charge is -2.07. The minimum absolute atomic E-state index is 0.328. The molecular formula is C19H18O. The first-order valence-corrected chi connectivity index (χ1v) is 7.09. The molecule has 20 heavy (non-hydrogen) atoms. The second-order valence-corrected chi connectivity index (χ2v) is 5.16. The van der Waals surface area contributed by atoms with E-state index in [1.165, 1.54) is 22.8 Å². The van der Waals surface area contributed by atoms with Crippen molar-refractivity contribution in [3.63, 3.8) is 0 Å². The summed E-state index contributed by atoms with van der Waals surface area (Å²) < 4.78 is 0. The van der Waals surface area contributed by atoms with Gasteiger partial charge in [0.1, 0.15) is 5.75 Å². The van der Waals surface area contributed by atoms with Gasteiger partial charge in [0.2, 0.25) is 0 Å². The molecule has 0 spiro atoms. The number of aryl methyl sites for hydroxylation is 1. The average Bonchev–Trinajstić information content (AvgIpc) is 2.48. The van der Waals surface area contributed by atoms with Gasteiger partial charge < -0.3 is 5.11 Å². The van der Waals surface area contributed by atoms with Gasteiger partial charge in [0.15, 0.2) is 0 Å². The molecule has 0 heterocycles. The van der Waals surface area contributed by atoms with Crippen LogP contribution in [-0.4, -0.2) is 5.11 Å². The standard InChI is InChI=1S/C19H18O/c1-2-5-14-8-9-16-13-17(11-10-15(16)12-14)18-6-3-4-7-19(18)20/h3-4,6-13,20H,2,5H2,1H3. The van der Waals surface area contributed by atoms with Crippen molar-refractivity contribution < 1.29 is 5.11 Å². The van der Waals surface area contributed by atoms with Gasteiger partial charge in [-0.25, -0.2) is 0 Å². The minimum Gasteiger partial charge on any atom is -0.507 e. The Morgan fingerprint density at radius 1 is 0.850 bits per heavy atom. The third-order valence-corrected chi connectivity index (χ3v) is 3.66. The molecule has 3 rings (SSSR count). The Bertz CT molecular complexity index is 744. The Labute approximate surface area is 119 Å². The lowest BCUT2D eigenvalue weighted by molar-refractivity contribution is 0.477. The molecule has 0 saturated carbocycles. The highest BCUT2D eigenvalue weighted by molar-refractivity contribution is 5.88. The van der Waals surface area contributed by atoms with E-state index in [9.17, 15) is 5.11 Å². The van der Waals surface area contributed by atoms with E-state index in [0.29, 0.717) is 5.75 Å². The summed E-state index contributed by atoms with van der Waals surface area (Å²) in [5.41, 5.74) is 3.32. The van der Waals surface area contributed by atoms with Crippen LogP contribution in [0.25, 0.3) is 21.9 Å². The Kier molecular flexibility index (Phi) is 3.42. The quantitative estimate of drug-likeness (QED) is 0.690. The zero-order chi connectivity index (χ0) is 13.9. The maximum absolute atomic E-state index is 9.95. The molecule has 1 heteroatoms. The van der Waals surface area contributed by atoms with Gasteiger partial charge in [-0.2, -0.15) is 0 Å². The van der Waals surface area contributed by atoms with Gasteiger partial charge in [0.25, 0.3) is 0 Å². The second-order valence-electron chi connectivity index (χ2n) is 5.16. The first-order chi connectivity index (χ1) is 9.78. The van der Waals surface area contributed by atoms with Crippen molar-refractivity contribution in [2.24, 2.45) is 0 Å². The number of rotatable bonds is 3. The van der Waals surface area contributed by atoms with Crippen molar-refractivity contribution in [3.8, 4) is 16.9 Å². The lowest BCUT2D eigenvalue weighted by atomic mass is 9.98. The normalized spacial score (nSPS) is 10.8. The molecule has 0 bridgehead atoms. The molecule has 0 aliphatic rings. The summed E-state index contributed by atoms with van der Waals surface area (Å²) in [6.45, 7) is 2.20. The van der Waals surface area contributed by atoms with Crippen LogP contribution in [0.3, 0.4) is 0 Å². The van der Waals surface area contributed by atoms with Gasteiger partial charge in [-0.05, 0) is 40.5 Å². The predicted octanol–water partition coefficient (Wildman–Crippen LogP) is 5.16. The van der Waals surface area contributed by atoms with Crippen LogP contribution in [0.4, 0.5) is 0 Å². The first-order valence-electron chi connectivity index (χ1n) is 7.09. The second kappa shape index (κ2) is 5.38. The fraction of sp³-hybridized carbons (Fsp3) is 0.158. The molecule has 1 nitrogen and oxygen atoms in total. The molecule has 3 aromatic carbocycles. The molecule has 0 aliphatic carbocycles. The summed E-state index contributed by atoms with van der Waals surface area (Å²) in [5.74, 6) is 0.328. The topological polar surface area (TPSA) is 20.2 Å². The molecule has 0 atom stereocenters. The van der Waals surface area contributed by atoms with Gasteiger partial charge >= 0.3 is 0 Å². The van der Waals surface area contributed by atoms with Crippen molar-refractivity contribution in [1.82, 2.24) is 0 Å². The molecule has 0 amide bonds. The SMILES string of the molecule is CCCc1ccc2cc(-c3ccccc3O)ccc2c1.